The van der Waals surface area contributed by atoms with E-state index in [0.29, 0.717) is 23.5 Å². The molecule has 0 spiro atoms. The molecule has 30 heavy (non-hydrogen) atoms. The number of aromatic carboxylic acids is 1. The first kappa shape index (κ1) is 21.3. The van der Waals surface area contributed by atoms with Crippen molar-refractivity contribution in [3.63, 3.8) is 0 Å². The largest absolute Gasteiger partial charge is 0.494 e. The van der Waals surface area contributed by atoms with Gasteiger partial charge in [0.15, 0.2) is 0 Å². The summed E-state index contributed by atoms with van der Waals surface area (Å²) in [6, 6.07) is 15.8. The lowest BCUT2D eigenvalue weighted by Crippen LogP contribution is -2.24. The lowest BCUT2D eigenvalue weighted by atomic mass is 10.0. The Balaban J connectivity index is 1.87. The summed E-state index contributed by atoms with van der Waals surface area (Å²) in [4.78, 5) is 23.6. The molecule has 2 N–H and O–H groups in total. The van der Waals surface area contributed by atoms with Gasteiger partial charge in [0.05, 0.1) is 17.7 Å². The summed E-state index contributed by atoms with van der Waals surface area (Å²) in [6.45, 7) is 2.37. The molecule has 0 atom stereocenters. The number of carboxylic acids is 1. The molecule has 0 aliphatic carbocycles. The highest BCUT2D eigenvalue weighted by atomic mass is 35.5. The number of hydrogen-bond donors (Lipinski definition) is 2. The third-order valence-electron chi connectivity index (χ3n) is 4.42. The molecule has 7 heteroatoms. The number of halogens is 2. The molecular weight excluding hydrogens is 409 g/mol. The van der Waals surface area contributed by atoms with Crippen LogP contribution in [0.2, 0.25) is 5.02 Å². The van der Waals surface area contributed by atoms with Gasteiger partial charge in [-0.15, -0.1) is 0 Å². The van der Waals surface area contributed by atoms with Gasteiger partial charge >= 0.3 is 5.97 Å². The quantitative estimate of drug-likeness (QED) is 0.545. The highest BCUT2D eigenvalue weighted by molar-refractivity contribution is 6.30. The molecule has 154 valence electrons. The van der Waals surface area contributed by atoms with E-state index in [1.807, 2.05) is 19.1 Å². The highest BCUT2D eigenvalue weighted by Crippen LogP contribution is 2.28. The van der Waals surface area contributed by atoms with Gasteiger partial charge in [0.1, 0.15) is 11.6 Å². The van der Waals surface area contributed by atoms with Crippen LogP contribution >= 0.6 is 11.6 Å². The maximum atomic E-state index is 14.0. The van der Waals surface area contributed by atoms with Crippen molar-refractivity contribution in [3.8, 4) is 16.9 Å². The van der Waals surface area contributed by atoms with Crippen LogP contribution in [0.15, 0.2) is 60.7 Å². The van der Waals surface area contributed by atoms with E-state index in [-0.39, 0.29) is 22.7 Å². The highest BCUT2D eigenvalue weighted by Gasteiger charge is 2.14. The van der Waals surface area contributed by atoms with E-state index in [1.165, 1.54) is 18.2 Å². The molecule has 0 radical (unpaired) electrons. The van der Waals surface area contributed by atoms with Crippen LogP contribution in [-0.4, -0.2) is 23.6 Å². The van der Waals surface area contributed by atoms with E-state index in [0.717, 1.165) is 11.6 Å². The SMILES string of the molecule is CCOc1ccc(-c2cccc(C(=O)O)c2)cc1CNC(=O)c1ccc(Cl)cc1F. The second kappa shape index (κ2) is 9.41. The normalized spacial score (nSPS) is 10.5. The summed E-state index contributed by atoms with van der Waals surface area (Å²) in [5, 5.41) is 12.1. The number of rotatable bonds is 7. The Bertz CT molecular complexity index is 1100. The van der Waals surface area contributed by atoms with Crippen LogP contribution in [-0.2, 0) is 6.54 Å². The summed E-state index contributed by atoms with van der Waals surface area (Å²) in [5.74, 6) is -1.72. The summed E-state index contributed by atoms with van der Waals surface area (Å²) in [6.07, 6.45) is 0. The molecule has 3 rings (SSSR count). The smallest absolute Gasteiger partial charge is 0.335 e. The van der Waals surface area contributed by atoms with Crippen LogP contribution in [0.1, 0.15) is 33.2 Å². The van der Waals surface area contributed by atoms with Crippen molar-refractivity contribution in [3.05, 3.63) is 88.2 Å². The Morgan fingerprint density at radius 1 is 1.07 bits per heavy atom. The number of hydrogen-bond acceptors (Lipinski definition) is 3. The van der Waals surface area contributed by atoms with E-state index in [2.05, 4.69) is 5.32 Å². The van der Waals surface area contributed by atoms with Crippen molar-refractivity contribution in [1.29, 1.82) is 0 Å². The minimum Gasteiger partial charge on any atom is -0.494 e. The molecule has 1 amide bonds. The lowest BCUT2D eigenvalue weighted by molar-refractivity contribution is 0.0696. The van der Waals surface area contributed by atoms with E-state index in [9.17, 15) is 19.1 Å². The zero-order chi connectivity index (χ0) is 21.7. The van der Waals surface area contributed by atoms with E-state index >= 15 is 0 Å². The Morgan fingerprint density at radius 3 is 2.53 bits per heavy atom. The fourth-order valence-electron chi connectivity index (χ4n) is 2.97. The zero-order valence-corrected chi connectivity index (χ0v) is 16.9. The zero-order valence-electron chi connectivity index (χ0n) is 16.1. The second-order valence-electron chi connectivity index (χ2n) is 6.45. The molecule has 5 nitrogen and oxygen atoms in total. The van der Waals surface area contributed by atoms with E-state index in [1.54, 1.807) is 24.3 Å². The lowest BCUT2D eigenvalue weighted by Gasteiger charge is -2.14. The number of carbonyl (C=O) groups excluding carboxylic acids is 1. The molecule has 0 fully saturated rings. The molecule has 0 saturated carbocycles. The van der Waals surface area contributed by atoms with Crippen molar-refractivity contribution in [2.75, 3.05) is 6.61 Å². The first-order valence-corrected chi connectivity index (χ1v) is 9.59. The minimum atomic E-state index is -1.01. The van der Waals surface area contributed by atoms with Crippen molar-refractivity contribution in [2.45, 2.75) is 13.5 Å². The maximum absolute atomic E-state index is 14.0. The summed E-state index contributed by atoms with van der Waals surface area (Å²) in [7, 11) is 0. The van der Waals surface area contributed by atoms with E-state index < -0.39 is 17.7 Å². The average molecular weight is 428 g/mol. The molecule has 0 unspecified atom stereocenters. The Labute approximate surface area is 178 Å². The van der Waals surface area contributed by atoms with Crippen molar-refractivity contribution in [2.24, 2.45) is 0 Å². The monoisotopic (exact) mass is 427 g/mol. The number of benzene rings is 3. The molecular formula is C23H19ClFNO4. The Kier molecular flexibility index (Phi) is 6.69. The molecule has 3 aromatic rings. The fourth-order valence-corrected chi connectivity index (χ4v) is 3.13. The predicted molar refractivity (Wildman–Crippen MR) is 113 cm³/mol. The van der Waals surface area contributed by atoms with Crippen molar-refractivity contribution >= 4 is 23.5 Å². The Hall–Kier alpha value is -3.38. The van der Waals surface area contributed by atoms with Gasteiger partial charge in [-0.05, 0) is 60.5 Å². The van der Waals surface area contributed by atoms with E-state index in [4.69, 9.17) is 16.3 Å². The van der Waals surface area contributed by atoms with Crippen LogP contribution in [0.5, 0.6) is 5.75 Å². The number of carbonyl (C=O) groups is 2. The molecule has 0 saturated heterocycles. The molecule has 0 heterocycles. The summed E-state index contributed by atoms with van der Waals surface area (Å²) >= 11 is 5.73. The van der Waals surface area contributed by atoms with Gasteiger partial charge in [-0.25, -0.2) is 9.18 Å². The van der Waals surface area contributed by atoms with Gasteiger partial charge in [-0.1, -0.05) is 29.8 Å². The van der Waals surface area contributed by atoms with Crippen LogP contribution in [0.25, 0.3) is 11.1 Å². The summed E-state index contributed by atoms with van der Waals surface area (Å²) in [5.41, 5.74) is 2.23. The molecule has 0 aliphatic heterocycles. The minimum absolute atomic E-state index is 0.0999. The number of amides is 1. The standard InChI is InChI=1S/C23H19ClFNO4/c1-2-30-21-9-6-15(14-4-3-5-16(10-14)23(28)29)11-17(21)13-26-22(27)19-8-7-18(24)12-20(19)25/h3-12H,2,13H2,1H3,(H,26,27)(H,28,29). The number of nitrogens with one attached hydrogen (secondary N) is 1. The number of ether oxygens (including phenoxy) is 1. The van der Waals surface area contributed by atoms with Gasteiger partial charge in [-0.2, -0.15) is 0 Å². The molecule has 3 aromatic carbocycles. The van der Waals surface area contributed by atoms with Gasteiger partial charge in [-0.3, -0.25) is 4.79 Å². The molecule has 0 bridgehead atoms. The molecule has 0 aromatic heterocycles. The van der Waals surface area contributed by atoms with Crippen LogP contribution in [0.3, 0.4) is 0 Å². The maximum Gasteiger partial charge on any atom is 0.335 e. The Morgan fingerprint density at radius 2 is 1.83 bits per heavy atom. The van der Waals surface area contributed by atoms with Crippen LogP contribution in [0.4, 0.5) is 4.39 Å². The van der Waals surface area contributed by atoms with Crippen LogP contribution < -0.4 is 10.1 Å². The first-order chi connectivity index (χ1) is 14.4. The van der Waals surface area contributed by atoms with Crippen LogP contribution in [0, 0.1) is 5.82 Å². The van der Waals surface area contributed by atoms with Crippen molar-refractivity contribution < 1.29 is 23.8 Å². The second-order valence-corrected chi connectivity index (χ2v) is 6.88. The van der Waals surface area contributed by atoms with Gasteiger partial charge in [0.2, 0.25) is 0 Å². The predicted octanol–water partition coefficient (Wildman–Crippen LogP) is 5.17. The third-order valence-corrected chi connectivity index (χ3v) is 4.65. The van der Waals surface area contributed by atoms with Crippen molar-refractivity contribution in [1.82, 2.24) is 5.32 Å². The third kappa shape index (κ3) is 4.96. The average Bonchev–Trinajstić information content (AvgIpc) is 2.73. The first-order valence-electron chi connectivity index (χ1n) is 9.21. The fraction of sp³-hybridized carbons (Fsp3) is 0.130. The van der Waals surface area contributed by atoms with Gasteiger partial charge < -0.3 is 15.2 Å². The van der Waals surface area contributed by atoms with Gasteiger partial charge in [0, 0.05) is 17.1 Å². The molecule has 0 aliphatic rings. The summed E-state index contributed by atoms with van der Waals surface area (Å²) < 4.78 is 19.6. The number of carboxylic acid groups (broad SMARTS) is 1. The topological polar surface area (TPSA) is 75.6 Å². The van der Waals surface area contributed by atoms with Gasteiger partial charge in [0.25, 0.3) is 5.91 Å².